The molecule has 0 aliphatic heterocycles. The maximum absolute atomic E-state index is 9.00. The Balaban J connectivity index is 0. The molecule has 0 aliphatic rings. The number of nitrogens with one attached hydrogen (secondary N) is 1. The van der Waals surface area contributed by atoms with E-state index in [1.807, 2.05) is 0 Å². The molecule has 0 saturated carbocycles. The summed E-state index contributed by atoms with van der Waals surface area (Å²) in [5.74, 6) is 0.167. The van der Waals surface area contributed by atoms with E-state index in [9.17, 15) is 0 Å². The van der Waals surface area contributed by atoms with Crippen LogP contribution in [0.4, 0.5) is 4.79 Å². The molecule has 0 saturated heterocycles. The van der Waals surface area contributed by atoms with Crippen LogP contribution in [0.15, 0.2) is 0 Å². The normalized spacial score (nSPS) is 6.12. The Labute approximate surface area is 47.3 Å². The van der Waals surface area contributed by atoms with Crippen LogP contribution in [0.3, 0.4) is 0 Å². The average Bonchev–Trinajstić information content (AvgIpc) is 1.25. The van der Waals surface area contributed by atoms with Crippen LogP contribution in [0.25, 0.3) is 0 Å². The predicted molar refractivity (Wildman–Crippen MR) is 31.4 cm³/mol. The van der Waals surface area contributed by atoms with Gasteiger partial charge in [0, 0.05) is 0 Å². The topological polar surface area (TPSA) is 119 Å². The van der Waals surface area contributed by atoms with Crippen molar-refractivity contribution in [1.82, 2.24) is 0 Å². The van der Waals surface area contributed by atoms with Crippen LogP contribution >= 0.6 is 0 Å². The number of hydrogen-bond donors (Lipinski definition) is 4. The molecule has 8 heavy (non-hydrogen) atoms. The van der Waals surface area contributed by atoms with E-state index < -0.39 is 6.03 Å². The molecule has 0 atom stereocenters. The number of carbonyl (C=O) groups is 1. The van der Waals surface area contributed by atoms with Gasteiger partial charge in [-0.05, 0) is 6.92 Å². The second kappa shape index (κ2) is 5.74. The minimum absolute atomic E-state index is 0.167. The number of hydrogen-bond acceptors (Lipinski definition) is 2. The molecule has 0 aromatic heterocycles. The van der Waals surface area contributed by atoms with Crippen molar-refractivity contribution >= 4 is 11.9 Å². The molecule has 0 aromatic rings. The summed E-state index contributed by atoms with van der Waals surface area (Å²) >= 11 is 0. The standard InChI is InChI=1S/C2H6N2.CH4N2O/c1-2(3)4;2-1(3)4/h1H3,(H3,3,4);(H4,2,3,4). The molecule has 0 aliphatic carbocycles. The molecule has 48 valence electrons. The maximum atomic E-state index is 9.00. The van der Waals surface area contributed by atoms with Gasteiger partial charge in [0.15, 0.2) is 0 Å². The Morgan fingerprint density at radius 2 is 1.38 bits per heavy atom. The molecular formula is C3H10N4O. The summed E-state index contributed by atoms with van der Waals surface area (Å²) < 4.78 is 0. The van der Waals surface area contributed by atoms with E-state index in [0.29, 0.717) is 0 Å². The number of urea groups is 1. The summed E-state index contributed by atoms with van der Waals surface area (Å²) in [6.45, 7) is 1.53. The fourth-order valence-corrected chi connectivity index (χ4v) is 0. The van der Waals surface area contributed by atoms with Crippen LogP contribution in [0.5, 0.6) is 0 Å². The third-order valence-corrected chi connectivity index (χ3v) is 0. The molecule has 0 unspecified atom stereocenters. The first-order valence-corrected chi connectivity index (χ1v) is 1.82. The van der Waals surface area contributed by atoms with Gasteiger partial charge in [0.2, 0.25) is 0 Å². The highest BCUT2D eigenvalue weighted by molar-refractivity contribution is 5.73. The van der Waals surface area contributed by atoms with Crippen LogP contribution in [0.1, 0.15) is 6.92 Å². The van der Waals surface area contributed by atoms with Crippen molar-refractivity contribution in [3.8, 4) is 0 Å². The second-order valence-corrected chi connectivity index (χ2v) is 1.09. The third-order valence-electron chi connectivity index (χ3n) is 0. The van der Waals surface area contributed by atoms with Crippen LogP contribution in [0.2, 0.25) is 0 Å². The second-order valence-electron chi connectivity index (χ2n) is 1.09. The minimum Gasteiger partial charge on any atom is -0.388 e. The Kier molecular flexibility index (Phi) is 7.09. The van der Waals surface area contributed by atoms with Crippen molar-refractivity contribution in [2.45, 2.75) is 6.92 Å². The fourth-order valence-electron chi connectivity index (χ4n) is 0. The summed E-state index contributed by atoms with van der Waals surface area (Å²) in [6.07, 6.45) is 0. The SMILES string of the molecule is CC(=N)N.NC(N)=O. The molecule has 0 radical (unpaired) electrons. The van der Waals surface area contributed by atoms with Crippen molar-refractivity contribution in [2.24, 2.45) is 17.2 Å². The van der Waals surface area contributed by atoms with E-state index in [-0.39, 0.29) is 5.84 Å². The quantitative estimate of drug-likeness (QED) is 0.240. The molecule has 7 N–H and O–H groups in total. The molecule has 0 bridgehead atoms. The first-order valence-electron chi connectivity index (χ1n) is 1.82. The number of primary amides is 2. The molecule has 0 heterocycles. The van der Waals surface area contributed by atoms with Gasteiger partial charge in [-0.15, -0.1) is 0 Å². The van der Waals surface area contributed by atoms with Gasteiger partial charge in [0.25, 0.3) is 0 Å². The highest BCUT2D eigenvalue weighted by Crippen LogP contribution is 1.36. The van der Waals surface area contributed by atoms with Gasteiger partial charge in [-0.1, -0.05) is 0 Å². The van der Waals surface area contributed by atoms with Gasteiger partial charge < -0.3 is 17.2 Å². The molecular weight excluding hydrogens is 108 g/mol. The van der Waals surface area contributed by atoms with Crippen molar-refractivity contribution in [3.63, 3.8) is 0 Å². The van der Waals surface area contributed by atoms with Crippen LogP contribution < -0.4 is 17.2 Å². The first-order chi connectivity index (χ1) is 3.46. The van der Waals surface area contributed by atoms with Crippen LogP contribution in [0, 0.1) is 5.41 Å². The lowest BCUT2D eigenvalue weighted by atomic mass is 10.8. The van der Waals surface area contributed by atoms with E-state index in [1.54, 1.807) is 0 Å². The summed E-state index contributed by atoms with van der Waals surface area (Å²) in [4.78, 5) is 9.00. The largest absolute Gasteiger partial charge is 0.388 e. The lowest BCUT2D eigenvalue weighted by Crippen LogP contribution is -2.18. The van der Waals surface area contributed by atoms with Crippen molar-refractivity contribution in [1.29, 1.82) is 5.41 Å². The van der Waals surface area contributed by atoms with E-state index in [1.165, 1.54) is 6.92 Å². The highest BCUT2D eigenvalue weighted by Gasteiger charge is 1.60. The summed E-state index contributed by atoms with van der Waals surface area (Å²) in [5.41, 5.74) is 13.2. The number of amides is 2. The number of carbonyl (C=O) groups excluding carboxylic acids is 1. The third kappa shape index (κ3) is 41.8. The van der Waals surface area contributed by atoms with Gasteiger partial charge in [-0.3, -0.25) is 5.41 Å². The number of amidine groups is 1. The zero-order valence-corrected chi connectivity index (χ0v) is 4.64. The molecule has 0 aromatic carbocycles. The first kappa shape index (κ1) is 9.88. The maximum Gasteiger partial charge on any atom is 0.309 e. The van der Waals surface area contributed by atoms with Gasteiger partial charge in [-0.25, -0.2) is 4.79 Å². The highest BCUT2D eigenvalue weighted by atomic mass is 16.2. The number of nitrogens with two attached hydrogens (primary N) is 3. The van der Waals surface area contributed by atoms with Gasteiger partial charge in [0.05, 0.1) is 5.84 Å². The van der Waals surface area contributed by atoms with E-state index in [4.69, 9.17) is 15.9 Å². The Bertz CT molecular complexity index is 69.3. The zero-order chi connectivity index (χ0) is 7.15. The summed E-state index contributed by atoms with van der Waals surface area (Å²) in [7, 11) is 0. The average molecular weight is 118 g/mol. The molecule has 2 amide bonds. The molecule has 5 nitrogen and oxygen atoms in total. The Hall–Kier alpha value is -1.26. The van der Waals surface area contributed by atoms with Gasteiger partial charge in [-0.2, -0.15) is 0 Å². The van der Waals surface area contributed by atoms with E-state index in [2.05, 4.69) is 11.5 Å². The lowest BCUT2D eigenvalue weighted by Gasteiger charge is -1.66. The Morgan fingerprint density at radius 1 is 1.38 bits per heavy atom. The summed E-state index contributed by atoms with van der Waals surface area (Å²) in [5, 5.41) is 6.28. The van der Waals surface area contributed by atoms with E-state index in [0.717, 1.165) is 0 Å². The lowest BCUT2D eigenvalue weighted by molar-refractivity contribution is 0.256. The fraction of sp³-hybridized carbons (Fsp3) is 0.333. The molecule has 0 rings (SSSR count). The zero-order valence-electron chi connectivity index (χ0n) is 4.64. The molecule has 5 heteroatoms. The predicted octanol–water partition coefficient (Wildman–Crippen LogP) is -1.03. The monoisotopic (exact) mass is 118 g/mol. The van der Waals surface area contributed by atoms with Crippen LogP contribution in [-0.2, 0) is 0 Å². The number of rotatable bonds is 0. The van der Waals surface area contributed by atoms with Crippen molar-refractivity contribution < 1.29 is 4.79 Å². The smallest absolute Gasteiger partial charge is 0.309 e. The van der Waals surface area contributed by atoms with E-state index >= 15 is 0 Å². The minimum atomic E-state index is -0.833. The van der Waals surface area contributed by atoms with Gasteiger partial charge >= 0.3 is 6.03 Å². The molecule has 0 spiro atoms. The molecule has 0 fully saturated rings. The van der Waals surface area contributed by atoms with Crippen LogP contribution in [-0.4, -0.2) is 11.9 Å². The summed E-state index contributed by atoms with van der Waals surface area (Å²) in [6, 6.07) is -0.833. The van der Waals surface area contributed by atoms with Gasteiger partial charge in [0.1, 0.15) is 0 Å². The van der Waals surface area contributed by atoms with Crippen molar-refractivity contribution in [3.05, 3.63) is 0 Å². The van der Waals surface area contributed by atoms with Crippen molar-refractivity contribution in [2.75, 3.05) is 0 Å². The Morgan fingerprint density at radius 3 is 1.38 bits per heavy atom.